The number of aryl methyl sites for hydroxylation is 1. The van der Waals surface area contributed by atoms with E-state index < -0.39 is 0 Å². The second-order valence-corrected chi connectivity index (χ2v) is 5.33. The van der Waals surface area contributed by atoms with Crippen molar-refractivity contribution < 1.29 is 9.21 Å². The van der Waals surface area contributed by atoms with Crippen molar-refractivity contribution in [3.05, 3.63) is 35.7 Å². The fourth-order valence-electron chi connectivity index (χ4n) is 1.87. The normalized spacial score (nSPS) is 10.9. The second-order valence-electron chi connectivity index (χ2n) is 5.33. The van der Waals surface area contributed by atoms with Gasteiger partial charge in [-0.1, -0.05) is 17.7 Å². The van der Waals surface area contributed by atoms with Gasteiger partial charge in [0, 0.05) is 19.7 Å². The molecule has 0 fully saturated rings. The first-order valence-electron chi connectivity index (χ1n) is 6.74. The SMILES string of the molecule is Cc1cccc(-c2nnc(CN(C)CC(=O)N(C)C)o2)c1. The van der Waals surface area contributed by atoms with Gasteiger partial charge in [-0.15, -0.1) is 10.2 Å². The van der Waals surface area contributed by atoms with Crippen molar-refractivity contribution in [2.45, 2.75) is 13.5 Å². The van der Waals surface area contributed by atoms with Crippen molar-refractivity contribution in [2.24, 2.45) is 0 Å². The zero-order valence-corrected chi connectivity index (χ0v) is 12.8. The lowest BCUT2D eigenvalue weighted by molar-refractivity contribution is -0.129. The summed E-state index contributed by atoms with van der Waals surface area (Å²) in [5, 5.41) is 8.09. The third kappa shape index (κ3) is 4.13. The standard InChI is InChI=1S/C15H20N4O2/c1-11-6-5-7-12(8-11)15-17-16-13(21-15)9-19(4)10-14(20)18(2)3/h5-8H,9-10H2,1-4H3. The summed E-state index contributed by atoms with van der Waals surface area (Å²) in [6, 6.07) is 7.90. The first-order valence-corrected chi connectivity index (χ1v) is 6.74. The van der Waals surface area contributed by atoms with E-state index in [4.69, 9.17) is 4.42 Å². The van der Waals surface area contributed by atoms with Crippen LogP contribution in [0.3, 0.4) is 0 Å². The van der Waals surface area contributed by atoms with E-state index in [0.717, 1.165) is 11.1 Å². The highest BCUT2D eigenvalue weighted by Crippen LogP contribution is 2.19. The average Bonchev–Trinajstić information content (AvgIpc) is 2.86. The topological polar surface area (TPSA) is 62.5 Å². The van der Waals surface area contributed by atoms with E-state index >= 15 is 0 Å². The van der Waals surface area contributed by atoms with Crippen molar-refractivity contribution in [1.82, 2.24) is 20.0 Å². The molecule has 0 aliphatic carbocycles. The molecule has 0 unspecified atom stereocenters. The van der Waals surface area contributed by atoms with Gasteiger partial charge in [0.15, 0.2) is 0 Å². The number of amides is 1. The summed E-state index contributed by atoms with van der Waals surface area (Å²) in [5.41, 5.74) is 2.04. The Hall–Kier alpha value is -2.21. The first-order chi connectivity index (χ1) is 9.95. The molecule has 1 aromatic carbocycles. The molecule has 6 nitrogen and oxygen atoms in total. The van der Waals surface area contributed by atoms with E-state index in [1.54, 1.807) is 19.0 Å². The fraction of sp³-hybridized carbons (Fsp3) is 0.400. The quantitative estimate of drug-likeness (QED) is 0.835. The Morgan fingerprint density at radius 1 is 1.24 bits per heavy atom. The van der Waals surface area contributed by atoms with Gasteiger partial charge in [-0.05, 0) is 26.1 Å². The molecule has 112 valence electrons. The lowest BCUT2D eigenvalue weighted by Crippen LogP contribution is -2.34. The molecule has 21 heavy (non-hydrogen) atoms. The summed E-state index contributed by atoms with van der Waals surface area (Å²) in [5.74, 6) is 1.04. The Bertz CT molecular complexity index is 622. The summed E-state index contributed by atoms with van der Waals surface area (Å²) in [7, 11) is 5.31. The molecule has 1 heterocycles. The molecule has 0 saturated heterocycles. The maximum absolute atomic E-state index is 11.6. The monoisotopic (exact) mass is 288 g/mol. The van der Waals surface area contributed by atoms with Crippen LogP contribution >= 0.6 is 0 Å². The van der Waals surface area contributed by atoms with Crippen LogP contribution in [0, 0.1) is 6.92 Å². The van der Waals surface area contributed by atoms with Gasteiger partial charge in [0.2, 0.25) is 17.7 Å². The van der Waals surface area contributed by atoms with Crippen molar-refractivity contribution in [1.29, 1.82) is 0 Å². The number of carbonyl (C=O) groups excluding carboxylic acids is 1. The predicted molar refractivity (Wildman–Crippen MR) is 79.5 cm³/mol. The van der Waals surface area contributed by atoms with Crippen molar-refractivity contribution in [2.75, 3.05) is 27.7 Å². The maximum Gasteiger partial charge on any atom is 0.247 e. The van der Waals surface area contributed by atoms with Crippen LogP contribution in [0.2, 0.25) is 0 Å². The Morgan fingerprint density at radius 3 is 2.67 bits per heavy atom. The molecule has 1 amide bonds. The molecule has 0 spiro atoms. The molecule has 0 radical (unpaired) electrons. The number of likely N-dealkylation sites (N-methyl/N-ethyl adjacent to an activating group) is 2. The van der Waals surface area contributed by atoms with E-state index in [2.05, 4.69) is 10.2 Å². The van der Waals surface area contributed by atoms with Gasteiger partial charge >= 0.3 is 0 Å². The summed E-state index contributed by atoms with van der Waals surface area (Å²) < 4.78 is 5.65. The van der Waals surface area contributed by atoms with E-state index in [-0.39, 0.29) is 5.91 Å². The van der Waals surface area contributed by atoms with E-state index in [1.807, 2.05) is 43.1 Å². The molecule has 0 N–H and O–H groups in total. The Balaban J connectivity index is 2.02. The molecule has 0 atom stereocenters. The van der Waals surface area contributed by atoms with E-state index in [0.29, 0.717) is 24.9 Å². The van der Waals surface area contributed by atoms with Crippen LogP contribution in [-0.2, 0) is 11.3 Å². The van der Waals surface area contributed by atoms with Crippen molar-refractivity contribution in [3.8, 4) is 11.5 Å². The molecule has 2 aromatic rings. The maximum atomic E-state index is 11.6. The fourth-order valence-corrected chi connectivity index (χ4v) is 1.87. The molecule has 0 saturated carbocycles. The van der Waals surface area contributed by atoms with Crippen LogP contribution in [0.25, 0.3) is 11.5 Å². The smallest absolute Gasteiger partial charge is 0.247 e. The molecule has 2 rings (SSSR count). The van der Waals surface area contributed by atoms with E-state index in [9.17, 15) is 4.79 Å². The highest BCUT2D eigenvalue weighted by atomic mass is 16.4. The summed E-state index contributed by atoms with van der Waals surface area (Å²) in [6.45, 7) is 2.77. The minimum Gasteiger partial charge on any atom is -0.419 e. The number of carbonyl (C=O) groups is 1. The van der Waals surface area contributed by atoms with Crippen LogP contribution in [0.4, 0.5) is 0 Å². The number of hydrogen-bond acceptors (Lipinski definition) is 5. The van der Waals surface area contributed by atoms with Gasteiger partial charge in [-0.25, -0.2) is 0 Å². The number of hydrogen-bond donors (Lipinski definition) is 0. The van der Waals surface area contributed by atoms with Crippen LogP contribution in [0.1, 0.15) is 11.5 Å². The van der Waals surface area contributed by atoms with Gasteiger partial charge in [0.05, 0.1) is 13.1 Å². The second kappa shape index (κ2) is 6.49. The minimum atomic E-state index is 0.0379. The molecule has 6 heteroatoms. The average molecular weight is 288 g/mol. The van der Waals surface area contributed by atoms with Crippen molar-refractivity contribution in [3.63, 3.8) is 0 Å². The molecule has 0 aliphatic heterocycles. The third-order valence-electron chi connectivity index (χ3n) is 3.04. The number of nitrogens with zero attached hydrogens (tertiary/aromatic N) is 4. The lowest BCUT2D eigenvalue weighted by atomic mass is 10.1. The predicted octanol–water partition coefficient (Wildman–Crippen LogP) is 1.57. The zero-order valence-electron chi connectivity index (χ0n) is 12.8. The molecule has 1 aromatic heterocycles. The largest absolute Gasteiger partial charge is 0.419 e. The summed E-state index contributed by atoms with van der Waals surface area (Å²) >= 11 is 0. The molecule has 0 bridgehead atoms. The van der Waals surface area contributed by atoms with Gasteiger partial charge in [0.1, 0.15) is 0 Å². The number of rotatable bonds is 5. The molecule has 0 aliphatic rings. The van der Waals surface area contributed by atoms with Crippen LogP contribution < -0.4 is 0 Å². The minimum absolute atomic E-state index is 0.0379. The van der Waals surface area contributed by atoms with Gasteiger partial charge in [-0.2, -0.15) is 0 Å². The Morgan fingerprint density at radius 2 is 2.00 bits per heavy atom. The first kappa shape index (κ1) is 15.2. The number of benzene rings is 1. The van der Waals surface area contributed by atoms with Crippen LogP contribution in [0.15, 0.2) is 28.7 Å². The summed E-state index contributed by atoms with van der Waals surface area (Å²) in [4.78, 5) is 15.0. The van der Waals surface area contributed by atoms with Crippen LogP contribution in [-0.4, -0.2) is 53.6 Å². The highest BCUT2D eigenvalue weighted by Gasteiger charge is 2.13. The van der Waals surface area contributed by atoms with Gasteiger partial charge < -0.3 is 9.32 Å². The van der Waals surface area contributed by atoms with E-state index in [1.165, 1.54) is 0 Å². The summed E-state index contributed by atoms with van der Waals surface area (Å²) in [6.07, 6.45) is 0. The van der Waals surface area contributed by atoms with Crippen molar-refractivity contribution >= 4 is 5.91 Å². The highest BCUT2D eigenvalue weighted by molar-refractivity contribution is 5.77. The number of aromatic nitrogens is 2. The van der Waals surface area contributed by atoms with Gasteiger partial charge in [-0.3, -0.25) is 9.69 Å². The Labute approximate surface area is 124 Å². The Kier molecular flexibility index (Phi) is 4.70. The zero-order chi connectivity index (χ0) is 15.4. The van der Waals surface area contributed by atoms with Crippen LogP contribution in [0.5, 0.6) is 0 Å². The van der Waals surface area contributed by atoms with Gasteiger partial charge in [0.25, 0.3) is 0 Å². The third-order valence-corrected chi connectivity index (χ3v) is 3.04. The lowest BCUT2D eigenvalue weighted by Gasteiger charge is -2.16. The molecular weight excluding hydrogens is 268 g/mol. The molecular formula is C15H20N4O2.